The van der Waals surface area contributed by atoms with Gasteiger partial charge < -0.3 is 15.3 Å². The summed E-state index contributed by atoms with van der Waals surface area (Å²) in [5, 5.41) is 11.8. The van der Waals surface area contributed by atoms with E-state index in [9.17, 15) is 14.4 Å². The monoisotopic (exact) mass is 398 g/mol. The SMILES string of the molecule is CC(=O)NC(CC(=O)N(CC(=O)O)CC(C)C)c1ccc(Br)cc1. The normalized spacial score (nSPS) is 11.9. The second kappa shape index (κ2) is 9.42. The third kappa shape index (κ3) is 7.12. The number of nitrogens with one attached hydrogen (secondary N) is 1. The average molecular weight is 399 g/mol. The highest BCUT2D eigenvalue weighted by Gasteiger charge is 2.23. The summed E-state index contributed by atoms with van der Waals surface area (Å²) in [5.74, 6) is -1.44. The molecule has 7 heteroatoms. The van der Waals surface area contributed by atoms with Crippen LogP contribution in [0, 0.1) is 5.92 Å². The van der Waals surface area contributed by atoms with E-state index in [-0.39, 0.29) is 30.7 Å². The molecule has 0 heterocycles. The van der Waals surface area contributed by atoms with Crippen LogP contribution < -0.4 is 5.32 Å². The van der Waals surface area contributed by atoms with Gasteiger partial charge in [0.2, 0.25) is 11.8 Å². The maximum absolute atomic E-state index is 12.5. The fourth-order valence-electron chi connectivity index (χ4n) is 2.35. The van der Waals surface area contributed by atoms with E-state index >= 15 is 0 Å². The van der Waals surface area contributed by atoms with Crippen LogP contribution in [-0.2, 0) is 14.4 Å². The smallest absolute Gasteiger partial charge is 0.323 e. The molecular formula is C17H23BrN2O4. The predicted molar refractivity (Wildman–Crippen MR) is 94.4 cm³/mol. The average Bonchev–Trinajstić information content (AvgIpc) is 2.45. The van der Waals surface area contributed by atoms with E-state index in [4.69, 9.17) is 5.11 Å². The van der Waals surface area contributed by atoms with Crippen molar-refractivity contribution in [2.45, 2.75) is 33.2 Å². The van der Waals surface area contributed by atoms with Crippen molar-refractivity contribution >= 4 is 33.7 Å². The first-order chi connectivity index (χ1) is 11.2. The van der Waals surface area contributed by atoms with Gasteiger partial charge in [0, 0.05) is 17.9 Å². The van der Waals surface area contributed by atoms with Crippen LogP contribution in [0.5, 0.6) is 0 Å². The van der Waals surface area contributed by atoms with Gasteiger partial charge >= 0.3 is 5.97 Å². The van der Waals surface area contributed by atoms with Gasteiger partial charge in [0.25, 0.3) is 0 Å². The molecule has 0 aromatic heterocycles. The molecule has 0 spiro atoms. The lowest BCUT2D eigenvalue weighted by Gasteiger charge is -2.26. The molecule has 132 valence electrons. The Morgan fingerprint density at radius 2 is 1.79 bits per heavy atom. The van der Waals surface area contributed by atoms with Crippen molar-refractivity contribution in [2.24, 2.45) is 5.92 Å². The van der Waals surface area contributed by atoms with Gasteiger partial charge in [-0.2, -0.15) is 0 Å². The predicted octanol–water partition coefficient (Wildman–Crippen LogP) is 2.59. The van der Waals surface area contributed by atoms with E-state index in [0.29, 0.717) is 6.54 Å². The maximum Gasteiger partial charge on any atom is 0.323 e. The van der Waals surface area contributed by atoms with E-state index in [0.717, 1.165) is 10.0 Å². The number of hydrogen-bond acceptors (Lipinski definition) is 3. The highest BCUT2D eigenvalue weighted by molar-refractivity contribution is 9.10. The van der Waals surface area contributed by atoms with Crippen LogP contribution in [0.1, 0.15) is 38.8 Å². The first-order valence-corrected chi connectivity index (χ1v) is 8.50. The van der Waals surface area contributed by atoms with Gasteiger partial charge in [-0.15, -0.1) is 0 Å². The number of rotatable bonds is 8. The van der Waals surface area contributed by atoms with Crippen LogP contribution in [0.4, 0.5) is 0 Å². The van der Waals surface area contributed by atoms with Crippen molar-refractivity contribution in [3.05, 3.63) is 34.3 Å². The minimum atomic E-state index is -1.05. The molecular weight excluding hydrogens is 376 g/mol. The van der Waals surface area contributed by atoms with Crippen LogP contribution in [0.3, 0.4) is 0 Å². The lowest BCUT2D eigenvalue weighted by atomic mass is 10.0. The zero-order chi connectivity index (χ0) is 18.3. The number of carboxylic acids is 1. The molecule has 24 heavy (non-hydrogen) atoms. The molecule has 0 aliphatic carbocycles. The topological polar surface area (TPSA) is 86.7 Å². The van der Waals surface area contributed by atoms with Crippen molar-refractivity contribution in [1.82, 2.24) is 10.2 Å². The van der Waals surface area contributed by atoms with Crippen LogP contribution in [0.25, 0.3) is 0 Å². The lowest BCUT2D eigenvalue weighted by molar-refractivity contribution is -0.145. The molecule has 2 amide bonds. The molecule has 2 N–H and O–H groups in total. The van der Waals surface area contributed by atoms with E-state index < -0.39 is 12.0 Å². The standard InChI is InChI=1S/C17H23BrN2O4/c1-11(2)9-20(10-17(23)24)16(22)8-15(19-12(3)21)13-4-6-14(18)7-5-13/h4-7,11,15H,8-10H2,1-3H3,(H,19,21)(H,23,24). The van der Waals surface area contributed by atoms with Crippen molar-refractivity contribution in [3.8, 4) is 0 Å². The molecule has 0 saturated carbocycles. The van der Waals surface area contributed by atoms with Gasteiger partial charge in [0.15, 0.2) is 0 Å². The minimum Gasteiger partial charge on any atom is -0.480 e. The van der Waals surface area contributed by atoms with Crippen molar-refractivity contribution in [3.63, 3.8) is 0 Å². The number of carbonyl (C=O) groups excluding carboxylic acids is 2. The molecule has 0 bridgehead atoms. The third-order valence-corrected chi connectivity index (χ3v) is 3.82. The van der Waals surface area contributed by atoms with Gasteiger partial charge in [-0.05, 0) is 23.6 Å². The number of aliphatic carboxylic acids is 1. The quantitative estimate of drug-likeness (QED) is 0.704. The number of carboxylic acid groups (broad SMARTS) is 1. The summed E-state index contributed by atoms with van der Waals surface area (Å²) >= 11 is 3.35. The number of carbonyl (C=O) groups is 3. The molecule has 1 unspecified atom stereocenters. The molecule has 1 aromatic carbocycles. The maximum atomic E-state index is 12.5. The zero-order valence-electron chi connectivity index (χ0n) is 14.1. The first-order valence-electron chi connectivity index (χ1n) is 7.71. The number of halogens is 1. The second-order valence-corrected chi connectivity index (χ2v) is 6.99. The van der Waals surface area contributed by atoms with Crippen molar-refractivity contribution in [1.29, 1.82) is 0 Å². The summed E-state index contributed by atoms with van der Waals surface area (Å²) in [4.78, 5) is 36.3. The number of hydrogen-bond donors (Lipinski definition) is 2. The number of benzene rings is 1. The van der Waals surface area contributed by atoms with E-state index in [2.05, 4.69) is 21.2 Å². The summed E-state index contributed by atoms with van der Waals surface area (Å²) in [6, 6.07) is 6.81. The number of amides is 2. The van der Waals surface area contributed by atoms with E-state index in [1.165, 1.54) is 11.8 Å². The highest BCUT2D eigenvalue weighted by Crippen LogP contribution is 2.21. The summed E-state index contributed by atoms with van der Waals surface area (Å²) in [5.41, 5.74) is 0.793. The number of nitrogens with zero attached hydrogens (tertiary/aromatic N) is 1. The van der Waals surface area contributed by atoms with Gasteiger partial charge in [0.1, 0.15) is 6.54 Å². The fraction of sp³-hybridized carbons (Fsp3) is 0.471. The largest absolute Gasteiger partial charge is 0.480 e. The summed E-state index contributed by atoms with van der Waals surface area (Å²) in [6.07, 6.45) is 0.0151. The highest BCUT2D eigenvalue weighted by atomic mass is 79.9. The van der Waals surface area contributed by atoms with Gasteiger partial charge in [-0.25, -0.2) is 0 Å². The van der Waals surface area contributed by atoms with Gasteiger partial charge in [0.05, 0.1) is 12.5 Å². The van der Waals surface area contributed by atoms with Crippen molar-refractivity contribution in [2.75, 3.05) is 13.1 Å². The first kappa shape index (κ1) is 20.2. The van der Waals surface area contributed by atoms with Crippen LogP contribution in [-0.4, -0.2) is 40.9 Å². The van der Waals surface area contributed by atoms with E-state index in [1.807, 2.05) is 38.1 Å². The van der Waals surface area contributed by atoms with Gasteiger partial charge in [-0.3, -0.25) is 14.4 Å². The van der Waals surface area contributed by atoms with E-state index in [1.54, 1.807) is 0 Å². The Balaban J connectivity index is 2.93. The molecule has 0 aliphatic rings. The Hall–Kier alpha value is -1.89. The second-order valence-electron chi connectivity index (χ2n) is 6.07. The fourth-order valence-corrected chi connectivity index (χ4v) is 2.62. The van der Waals surface area contributed by atoms with Gasteiger partial charge in [-0.1, -0.05) is 41.9 Å². The van der Waals surface area contributed by atoms with Crippen LogP contribution in [0.2, 0.25) is 0 Å². The van der Waals surface area contributed by atoms with Crippen LogP contribution >= 0.6 is 15.9 Å². The zero-order valence-corrected chi connectivity index (χ0v) is 15.7. The van der Waals surface area contributed by atoms with Crippen LogP contribution in [0.15, 0.2) is 28.7 Å². The molecule has 0 radical (unpaired) electrons. The summed E-state index contributed by atoms with van der Waals surface area (Å²) < 4.78 is 0.895. The molecule has 0 fully saturated rings. The Morgan fingerprint density at radius 1 is 1.21 bits per heavy atom. The molecule has 1 rings (SSSR count). The molecule has 6 nitrogen and oxygen atoms in total. The molecule has 1 atom stereocenters. The summed E-state index contributed by atoms with van der Waals surface area (Å²) in [7, 11) is 0. The van der Waals surface area contributed by atoms with Crippen molar-refractivity contribution < 1.29 is 19.5 Å². The lowest BCUT2D eigenvalue weighted by Crippen LogP contribution is -2.40. The summed E-state index contributed by atoms with van der Waals surface area (Å²) in [6.45, 7) is 5.24. The Bertz CT molecular complexity index is 587. The minimum absolute atomic E-state index is 0.0151. The molecule has 1 aromatic rings. The Labute approximate surface area is 150 Å². The third-order valence-electron chi connectivity index (χ3n) is 3.29. The Kier molecular flexibility index (Phi) is 7.91. The molecule has 0 saturated heterocycles. The Morgan fingerprint density at radius 3 is 2.25 bits per heavy atom. The molecule has 0 aliphatic heterocycles.